The molecule has 0 aliphatic heterocycles. The molecule has 84 valence electrons. The summed E-state index contributed by atoms with van der Waals surface area (Å²) in [5.41, 5.74) is 6.04. The second-order valence-corrected chi connectivity index (χ2v) is 3.81. The van der Waals surface area contributed by atoms with Crippen molar-refractivity contribution in [2.24, 2.45) is 0 Å². The number of hydrogen-bond donors (Lipinski definition) is 2. The minimum atomic E-state index is -1.48. The smallest absolute Gasteiger partial charge is 0.178 e. The maximum absolute atomic E-state index is 10.6. The Balaban J connectivity index is 2.62. The van der Waals surface area contributed by atoms with Gasteiger partial charge in [0.05, 0.1) is 0 Å². The SMILES string of the molecule is C#CC(O)(c1ccccc1)c1ccccc1N. The van der Waals surface area contributed by atoms with Crippen LogP contribution in [0.3, 0.4) is 0 Å². The Morgan fingerprint density at radius 2 is 1.59 bits per heavy atom. The van der Waals surface area contributed by atoms with Gasteiger partial charge in [0.15, 0.2) is 5.60 Å². The van der Waals surface area contributed by atoms with Crippen molar-refractivity contribution in [3.05, 3.63) is 65.7 Å². The normalized spacial score (nSPS) is 13.6. The van der Waals surface area contributed by atoms with Crippen molar-refractivity contribution in [1.29, 1.82) is 0 Å². The molecule has 0 fully saturated rings. The molecule has 3 N–H and O–H groups in total. The molecule has 17 heavy (non-hydrogen) atoms. The third kappa shape index (κ3) is 1.89. The van der Waals surface area contributed by atoms with E-state index in [9.17, 15) is 5.11 Å². The van der Waals surface area contributed by atoms with Gasteiger partial charge in [0.25, 0.3) is 0 Å². The van der Waals surface area contributed by atoms with E-state index >= 15 is 0 Å². The number of benzene rings is 2. The Morgan fingerprint density at radius 1 is 1.00 bits per heavy atom. The molecule has 0 aliphatic rings. The summed E-state index contributed by atoms with van der Waals surface area (Å²) < 4.78 is 0. The van der Waals surface area contributed by atoms with Crippen LogP contribution in [0.5, 0.6) is 0 Å². The molecule has 0 spiro atoms. The lowest BCUT2D eigenvalue weighted by Gasteiger charge is -2.24. The molecule has 0 bridgehead atoms. The van der Waals surface area contributed by atoms with Gasteiger partial charge >= 0.3 is 0 Å². The van der Waals surface area contributed by atoms with Crippen molar-refractivity contribution in [2.45, 2.75) is 5.60 Å². The second kappa shape index (κ2) is 4.32. The van der Waals surface area contributed by atoms with Gasteiger partial charge in [-0.2, -0.15) is 0 Å². The number of terminal acetylenes is 1. The Labute approximate surface area is 101 Å². The van der Waals surface area contributed by atoms with Crippen molar-refractivity contribution in [2.75, 3.05) is 5.73 Å². The molecule has 0 radical (unpaired) electrons. The molecule has 1 atom stereocenters. The zero-order valence-electron chi connectivity index (χ0n) is 9.30. The average molecular weight is 223 g/mol. The first kappa shape index (κ1) is 11.3. The number of aliphatic hydroxyl groups is 1. The topological polar surface area (TPSA) is 46.2 Å². The third-order valence-corrected chi connectivity index (χ3v) is 2.75. The Bertz CT molecular complexity index is 557. The highest BCUT2D eigenvalue weighted by Gasteiger charge is 2.30. The number of para-hydroxylation sites is 1. The molecule has 0 aliphatic carbocycles. The van der Waals surface area contributed by atoms with Gasteiger partial charge in [0.1, 0.15) is 0 Å². The van der Waals surface area contributed by atoms with Crippen LogP contribution in [0.2, 0.25) is 0 Å². The van der Waals surface area contributed by atoms with E-state index in [1.807, 2.05) is 18.2 Å². The summed E-state index contributed by atoms with van der Waals surface area (Å²) in [6.07, 6.45) is 5.48. The van der Waals surface area contributed by atoms with Crippen molar-refractivity contribution in [3.8, 4) is 12.3 Å². The van der Waals surface area contributed by atoms with Gasteiger partial charge in [-0.15, -0.1) is 6.42 Å². The van der Waals surface area contributed by atoms with Crippen LogP contribution < -0.4 is 5.73 Å². The predicted octanol–water partition coefficient (Wildman–Crippen LogP) is 2.14. The standard InChI is InChI=1S/C15H13NO/c1-2-15(17,12-8-4-3-5-9-12)13-10-6-7-11-14(13)16/h1,3-11,17H,16H2. The first-order valence-electron chi connectivity index (χ1n) is 5.29. The number of rotatable bonds is 2. The highest BCUT2D eigenvalue weighted by Crippen LogP contribution is 2.32. The lowest BCUT2D eigenvalue weighted by molar-refractivity contribution is 0.146. The van der Waals surface area contributed by atoms with Crippen LogP contribution in [0, 0.1) is 12.3 Å². The first-order valence-corrected chi connectivity index (χ1v) is 5.29. The van der Waals surface area contributed by atoms with E-state index in [1.165, 1.54) is 0 Å². The van der Waals surface area contributed by atoms with E-state index in [1.54, 1.807) is 36.4 Å². The summed E-state index contributed by atoms with van der Waals surface area (Å²) in [7, 11) is 0. The van der Waals surface area contributed by atoms with Crippen molar-refractivity contribution in [1.82, 2.24) is 0 Å². The Morgan fingerprint density at radius 3 is 2.18 bits per heavy atom. The zero-order valence-corrected chi connectivity index (χ0v) is 9.30. The fourth-order valence-electron chi connectivity index (χ4n) is 1.82. The molecule has 2 nitrogen and oxygen atoms in total. The van der Waals surface area contributed by atoms with Crippen LogP contribution >= 0.6 is 0 Å². The molecular formula is C15H13NO. The van der Waals surface area contributed by atoms with Crippen LogP contribution in [-0.2, 0) is 5.60 Å². The molecular weight excluding hydrogens is 210 g/mol. The summed E-state index contributed by atoms with van der Waals surface area (Å²) >= 11 is 0. The van der Waals surface area contributed by atoms with Crippen LogP contribution in [0.25, 0.3) is 0 Å². The Hall–Kier alpha value is -2.24. The van der Waals surface area contributed by atoms with E-state index in [-0.39, 0.29) is 0 Å². The number of nitrogens with two attached hydrogens (primary N) is 1. The van der Waals surface area contributed by atoms with E-state index < -0.39 is 5.60 Å². The average Bonchev–Trinajstić information content (AvgIpc) is 2.39. The highest BCUT2D eigenvalue weighted by molar-refractivity contribution is 5.56. The molecule has 0 aromatic heterocycles. The molecule has 2 aromatic carbocycles. The molecule has 1 unspecified atom stereocenters. The Kier molecular flexibility index (Phi) is 2.86. The van der Waals surface area contributed by atoms with Gasteiger partial charge in [-0.25, -0.2) is 0 Å². The van der Waals surface area contributed by atoms with E-state index in [2.05, 4.69) is 5.92 Å². The molecule has 0 amide bonds. The fourth-order valence-corrected chi connectivity index (χ4v) is 1.82. The van der Waals surface area contributed by atoms with Gasteiger partial charge in [0.2, 0.25) is 0 Å². The van der Waals surface area contributed by atoms with Gasteiger partial charge in [-0.3, -0.25) is 0 Å². The summed E-state index contributed by atoms with van der Waals surface area (Å²) in [6.45, 7) is 0. The van der Waals surface area contributed by atoms with Crippen LogP contribution in [-0.4, -0.2) is 5.11 Å². The summed E-state index contributed by atoms with van der Waals surface area (Å²) in [6, 6.07) is 16.2. The highest BCUT2D eigenvalue weighted by atomic mass is 16.3. The van der Waals surface area contributed by atoms with Crippen LogP contribution in [0.4, 0.5) is 5.69 Å². The minimum Gasteiger partial charge on any atom is -0.398 e. The number of nitrogen functional groups attached to an aromatic ring is 1. The zero-order chi connectivity index (χ0) is 12.3. The van der Waals surface area contributed by atoms with Crippen molar-refractivity contribution in [3.63, 3.8) is 0 Å². The monoisotopic (exact) mass is 223 g/mol. The largest absolute Gasteiger partial charge is 0.398 e. The van der Waals surface area contributed by atoms with E-state index in [0.29, 0.717) is 16.8 Å². The fraction of sp³-hybridized carbons (Fsp3) is 0.0667. The van der Waals surface area contributed by atoms with E-state index in [4.69, 9.17) is 12.2 Å². The summed E-state index contributed by atoms with van der Waals surface area (Å²) in [5.74, 6) is 2.43. The molecule has 0 saturated carbocycles. The quantitative estimate of drug-likeness (QED) is 0.605. The second-order valence-electron chi connectivity index (χ2n) is 3.81. The summed E-state index contributed by atoms with van der Waals surface area (Å²) in [5, 5.41) is 10.6. The van der Waals surface area contributed by atoms with Crippen LogP contribution in [0.1, 0.15) is 11.1 Å². The molecule has 2 heteroatoms. The minimum absolute atomic E-state index is 0.483. The van der Waals surface area contributed by atoms with Gasteiger partial charge in [-0.05, 0) is 6.07 Å². The van der Waals surface area contributed by atoms with Gasteiger partial charge < -0.3 is 10.8 Å². The lowest BCUT2D eigenvalue weighted by atomic mass is 9.86. The molecule has 2 rings (SSSR count). The van der Waals surface area contributed by atoms with Crippen molar-refractivity contribution >= 4 is 5.69 Å². The van der Waals surface area contributed by atoms with Gasteiger partial charge in [-0.1, -0.05) is 54.5 Å². The third-order valence-electron chi connectivity index (χ3n) is 2.75. The number of anilines is 1. The van der Waals surface area contributed by atoms with E-state index in [0.717, 1.165) is 0 Å². The molecule has 0 saturated heterocycles. The van der Waals surface area contributed by atoms with Crippen molar-refractivity contribution < 1.29 is 5.11 Å². The van der Waals surface area contributed by atoms with Gasteiger partial charge in [0, 0.05) is 16.8 Å². The maximum atomic E-state index is 10.6. The van der Waals surface area contributed by atoms with Crippen LogP contribution in [0.15, 0.2) is 54.6 Å². The summed E-state index contributed by atoms with van der Waals surface area (Å²) in [4.78, 5) is 0. The first-order chi connectivity index (χ1) is 8.18. The lowest BCUT2D eigenvalue weighted by Crippen LogP contribution is -2.26. The predicted molar refractivity (Wildman–Crippen MR) is 69.1 cm³/mol. The number of hydrogen-bond acceptors (Lipinski definition) is 2. The maximum Gasteiger partial charge on any atom is 0.178 e. The molecule has 0 heterocycles. The molecule has 2 aromatic rings.